The van der Waals surface area contributed by atoms with Crippen LogP contribution in [-0.4, -0.2) is 59.8 Å². The minimum absolute atomic E-state index is 0.0166. The predicted molar refractivity (Wildman–Crippen MR) is 107 cm³/mol. The van der Waals surface area contributed by atoms with Crippen molar-refractivity contribution in [1.82, 2.24) is 0 Å². The molecule has 0 heterocycles. The van der Waals surface area contributed by atoms with E-state index in [0.29, 0.717) is 0 Å². The first kappa shape index (κ1) is 24.0. The summed E-state index contributed by atoms with van der Waals surface area (Å²) in [5.41, 5.74) is -1.23. The lowest BCUT2D eigenvalue weighted by atomic mass is 9.74. The zero-order valence-electron chi connectivity index (χ0n) is 18.0. The van der Waals surface area contributed by atoms with Crippen LogP contribution in [0.15, 0.2) is 22.7 Å². The van der Waals surface area contributed by atoms with E-state index >= 15 is 0 Å². The molecule has 2 aliphatic rings. The smallest absolute Gasteiger partial charge is 0.170 e. The number of Topliss-reactive ketones (excluding diaryl/α,β-unsaturated/α-hetero) is 4. The highest BCUT2D eigenvalue weighted by Crippen LogP contribution is 2.35. The number of carbonyl (C=O) groups is 4. The van der Waals surface area contributed by atoms with Crippen molar-refractivity contribution in [3.8, 4) is 0 Å². The third-order valence-corrected chi connectivity index (χ3v) is 5.10. The van der Waals surface area contributed by atoms with E-state index in [4.69, 9.17) is 9.47 Å². The molecular weight excluding hydrogens is 392 g/mol. The molecule has 0 saturated heterocycles. The molecule has 2 aliphatic carbocycles. The molecule has 166 valence electrons. The summed E-state index contributed by atoms with van der Waals surface area (Å²) in [7, 11) is 0. The average Bonchev–Trinajstić information content (AvgIpc) is 2.54. The summed E-state index contributed by atoms with van der Waals surface area (Å²) in [5.74, 6) is -2.37. The molecular formula is C22H30O8. The van der Waals surface area contributed by atoms with Crippen LogP contribution in [0, 0.1) is 10.8 Å². The van der Waals surface area contributed by atoms with Crippen molar-refractivity contribution in [3.63, 3.8) is 0 Å². The van der Waals surface area contributed by atoms with Crippen molar-refractivity contribution in [2.24, 2.45) is 10.8 Å². The van der Waals surface area contributed by atoms with Crippen molar-refractivity contribution >= 4 is 23.1 Å². The summed E-state index contributed by atoms with van der Waals surface area (Å²) in [6.45, 7) is 6.71. The Kier molecular flexibility index (Phi) is 7.36. The fraction of sp³-hybridized carbons (Fsp3) is 0.636. The number of ether oxygens (including phenoxy) is 2. The second-order valence-corrected chi connectivity index (χ2v) is 9.48. The highest BCUT2D eigenvalue weighted by atomic mass is 16.5. The van der Waals surface area contributed by atoms with Crippen molar-refractivity contribution < 1.29 is 38.9 Å². The van der Waals surface area contributed by atoms with E-state index in [-0.39, 0.29) is 63.3 Å². The van der Waals surface area contributed by atoms with Crippen LogP contribution in [0.25, 0.3) is 0 Å². The van der Waals surface area contributed by atoms with Crippen molar-refractivity contribution in [1.29, 1.82) is 0 Å². The van der Waals surface area contributed by atoms with E-state index in [2.05, 4.69) is 0 Å². The maximum Gasteiger partial charge on any atom is 0.170 e. The van der Waals surface area contributed by atoms with E-state index in [0.717, 1.165) is 0 Å². The molecule has 2 fully saturated rings. The molecule has 0 aromatic heterocycles. The molecule has 2 saturated carbocycles. The van der Waals surface area contributed by atoms with Gasteiger partial charge in [0.15, 0.2) is 23.1 Å². The third-order valence-electron chi connectivity index (χ3n) is 5.10. The zero-order valence-corrected chi connectivity index (χ0v) is 18.0. The highest BCUT2D eigenvalue weighted by molar-refractivity contribution is 6.23. The van der Waals surface area contributed by atoms with Crippen LogP contribution in [0.2, 0.25) is 0 Å². The van der Waals surface area contributed by atoms with Gasteiger partial charge in [-0.2, -0.15) is 0 Å². The van der Waals surface area contributed by atoms with Crippen molar-refractivity contribution in [2.45, 2.75) is 53.4 Å². The second-order valence-electron chi connectivity index (χ2n) is 9.48. The lowest BCUT2D eigenvalue weighted by Gasteiger charge is -2.28. The first-order chi connectivity index (χ1) is 13.8. The quantitative estimate of drug-likeness (QED) is 0.277. The van der Waals surface area contributed by atoms with Crippen LogP contribution in [0.4, 0.5) is 0 Å². The van der Waals surface area contributed by atoms with E-state index in [1.807, 2.05) is 27.7 Å². The van der Waals surface area contributed by atoms with Crippen LogP contribution < -0.4 is 0 Å². The van der Waals surface area contributed by atoms with Crippen molar-refractivity contribution in [2.75, 3.05) is 26.4 Å². The van der Waals surface area contributed by atoms with Gasteiger partial charge in [-0.05, 0) is 10.8 Å². The third kappa shape index (κ3) is 6.09. The molecule has 0 atom stereocenters. The highest BCUT2D eigenvalue weighted by Gasteiger charge is 2.38. The van der Waals surface area contributed by atoms with Gasteiger partial charge in [0.1, 0.15) is 35.9 Å². The largest absolute Gasteiger partial charge is 0.509 e. The van der Waals surface area contributed by atoms with Gasteiger partial charge in [-0.1, -0.05) is 27.7 Å². The van der Waals surface area contributed by atoms with Gasteiger partial charge in [0.2, 0.25) is 0 Å². The Morgan fingerprint density at radius 3 is 1.20 bits per heavy atom. The monoisotopic (exact) mass is 422 g/mol. The summed E-state index contributed by atoms with van der Waals surface area (Å²) in [6.07, 6.45) is 0.737. The van der Waals surface area contributed by atoms with Gasteiger partial charge >= 0.3 is 0 Å². The maximum atomic E-state index is 12.1. The van der Waals surface area contributed by atoms with Gasteiger partial charge in [0.25, 0.3) is 0 Å². The molecule has 0 unspecified atom stereocenters. The van der Waals surface area contributed by atoms with E-state index in [9.17, 15) is 29.4 Å². The molecule has 30 heavy (non-hydrogen) atoms. The first-order valence-corrected chi connectivity index (χ1v) is 9.95. The minimum atomic E-state index is -0.417. The number of hydrogen-bond acceptors (Lipinski definition) is 8. The van der Waals surface area contributed by atoms with Gasteiger partial charge in [-0.3, -0.25) is 19.2 Å². The average molecular weight is 422 g/mol. The summed E-state index contributed by atoms with van der Waals surface area (Å²) < 4.78 is 10.5. The number of hydrogen-bond donors (Lipinski definition) is 2. The van der Waals surface area contributed by atoms with E-state index < -0.39 is 45.5 Å². The van der Waals surface area contributed by atoms with Gasteiger partial charge in [-0.25, -0.2) is 0 Å². The molecule has 8 nitrogen and oxygen atoms in total. The summed E-state index contributed by atoms with van der Waals surface area (Å²) in [5, 5.41) is 20.1. The molecule has 0 bridgehead atoms. The molecule has 0 amide bonds. The Hall–Kier alpha value is -2.32. The molecule has 2 N–H and O–H groups in total. The summed E-state index contributed by atoms with van der Waals surface area (Å²) in [4.78, 5) is 48.4. The Balaban J connectivity index is 1.79. The number of aliphatic hydroxyl groups is 2. The lowest BCUT2D eigenvalue weighted by Crippen LogP contribution is -2.33. The molecule has 8 heteroatoms. The van der Waals surface area contributed by atoms with Crippen LogP contribution in [-0.2, 0) is 28.7 Å². The Morgan fingerprint density at radius 1 is 0.667 bits per heavy atom. The SMILES string of the molecule is CC1(C)CC(=O)C(=C(O)COCCOCC(O)=C2C(=O)CC(C)(C)CC2=O)C(=O)C1. The minimum Gasteiger partial charge on any atom is -0.509 e. The fourth-order valence-electron chi connectivity index (χ4n) is 3.77. The first-order valence-electron chi connectivity index (χ1n) is 9.95. The summed E-state index contributed by atoms with van der Waals surface area (Å²) >= 11 is 0. The molecule has 0 aliphatic heterocycles. The van der Waals surface area contributed by atoms with Crippen LogP contribution in [0.5, 0.6) is 0 Å². The number of carbonyl (C=O) groups excluding carboxylic acids is 4. The number of aliphatic hydroxyl groups excluding tert-OH is 2. The predicted octanol–water partition coefficient (Wildman–Crippen LogP) is 2.56. The topological polar surface area (TPSA) is 127 Å². The van der Waals surface area contributed by atoms with E-state index in [1.165, 1.54) is 0 Å². The standard InChI is InChI=1S/C22H30O8/c1-21(2)7-13(23)19(14(24)8-21)17(27)11-29-5-6-30-12-18(28)20-15(25)9-22(3,4)10-16(20)26/h27-28H,5-12H2,1-4H3. The molecule has 0 aromatic carbocycles. The van der Waals surface area contributed by atoms with Gasteiger partial charge in [0.05, 0.1) is 13.2 Å². The lowest BCUT2D eigenvalue weighted by molar-refractivity contribution is -0.129. The van der Waals surface area contributed by atoms with E-state index in [1.54, 1.807) is 0 Å². The number of allylic oxidation sites excluding steroid dienone is 2. The van der Waals surface area contributed by atoms with Crippen molar-refractivity contribution in [3.05, 3.63) is 22.7 Å². The maximum absolute atomic E-state index is 12.1. The van der Waals surface area contributed by atoms with Gasteiger partial charge in [-0.15, -0.1) is 0 Å². The Labute approximate surface area is 175 Å². The van der Waals surface area contributed by atoms with Crippen LogP contribution >= 0.6 is 0 Å². The molecule has 0 spiro atoms. The van der Waals surface area contributed by atoms with Gasteiger partial charge < -0.3 is 19.7 Å². The van der Waals surface area contributed by atoms with Crippen LogP contribution in [0.1, 0.15) is 53.4 Å². The number of rotatable bonds is 7. The van der Waals surface area contributed by atoms with Crippen LogP contribution in [0.3, 0.4) is 0 Å². The molecule has 0 aromatic rings. The molecule has 0 radical (unpaired) electrons. The Bertz CT molecular complexity index is 701. The fourth-order valence-corrected chi connectivity index (χ4v) is 3.77. The Morgan fingerprint density at radius 2 is 0.933 bits per heavy atom. The zero-order chi connectivity index (χ0) is 22.7. The van der Waals surface area contributed by atoms with Gasteiger partial charge in [0, 0.05) is 25.7 Å². The second kappa shape index (κ2) is 9.22. The summed E-state index contributed by atoms with van der Waals surface area (Å²) in [6, 6.07) is 0. The molecule has 2 rings (SSSR count). The normalized spacial score (nSPS) is 21.2. The number of ketones is 4.